The third-order valence-electron chi connectivity index (χ3n) is 3.45. The Labute approximate surface area is 145 Å². The van der Waals surface area contributed by atoms with Crippen molar-refractivity contribution in [3.8, 4) is 17.2 Å². The van der Waals surface area contributed by atoms with Crippen molar-refractivity contribution < 1.29 is 42.1 Å². The Balaban J connectivity index is 2.78. The smallest absolute Gasteiger partial charge is 0.454 e. The van der Waals surface area contributed by atoms with Crippen molar-refractivity contribution in [1.82, 2.24) is 5.32 Å². The Kier molecular flexibility index (Phi) is 5.66. The number of aliphatic hydroxyl groups is 1. The number of aliphatic hydroxyl groups excluding tert-OH is 1. The first kappa shape index (κ1) is 19.4. The lowest BCUT2D eigenvalue weighted by Gasteiger charge is -2.18. The number of allylic oxidation sites excluding steroid dienone is 1. The van der Waals surface area contributed by atoms with Crippen LogP contribution in [0.3, 0.4) is 0 Å². The fourth-order valence-corrected chi connectivity index (χ4v) is 2.39. The first-order chi connectivity index (χ1) is 12.3. The van der Waals surface area contributed by atoms with Crippen LogP contribution in [-0.4, -0.2) is 49.5 Å². The summed E-state index contributed by atoms with van der Waals surface area (Å²) < 4.78 is 53.5. The number of aromatic hydroxyl groups is 1. The summed E-state index contributed by atoms with van der Waals surface area (Å²) in [6.45, 7) is -0.600. The number of alkyl halides is 3. The van der Waals surface area contributed by atoms with Crippen LogP contribution in [0.15, 0.2) is 22.8 Å². The number of hydrogen-bond donors (Lipinski definition) is 3. The number of ketones is 1. The number of halogens is 3. The molecule has 0 fully saturated rings. The molecule has 3 N–H and O–H groups in total. The number of benzene rings is 1. The highest BCUT2D eigenvalue weighted by molar-refractivity contribution is 6.04. The quantitative estimate of drug-likeness (QED) is 0.638. The van der Waals surface area contributed by atoms with E-state index in [-0.39, 0.29) is 35.3 Å². The van der Waals surface area contributed by atoms with E-state index in [9.17, 15) is 23.1 Å². The van der Waals surface area contributed by atoms with Crippen LogP contribution in [0.5, 0.6) is 17.2 Å². The molecule has 1 heterocycles. The summed E-state index contributed by atoms with van der Waals surface area (Å²) >= 11 is 0. The minimum absolute atomic E-state index is 0.0290. The monoisotopic (exact) mass is 375 g/mol. The van der Waals surface area contributed by atoms with E-state index in [4.69, 9.17) is 19.0 Å². The van der Waals surface area contributed by atoms with E-state index < -0.39 is 30.0 Å². The highest BCUT2D eigenvalue weighted by atomic mass is 19.4. The number of ether oxygens (including phenoxy) is 2. The minimum atomic E-state index is -5.11. The van der Waals surface area contributed by atoms with Gasteiger partial charge in [-0.05, 0) is 6.07 Å². The zero-order valence-corrected chi connectivity index (χ0v) is 13.8. The zero-order valence-electron chi connectivity index (χ0n) is 13.8. The average Bonchev–Trinajstić information content (AvgIpc) is 3.05. The van der Waals surface area contributed by atoms with Gasteiger partial charge in [-0.3, -0.25) is 4.79 Å². The maximum atomic E-state index is 12.7. The summed E-state index contributed by atoms with van der Waals surface area (Å²) in [5.74, 6) is -2.90. The van der Waals surface area contributed by atoms with Crippen molar-refractivity contribution in [2.24, 2.45) is 0 Å². The van der Waals surface area contributed by atoms with Gasteiger partial charge in [0.15, 0.2) is 11.3 Å². The third kappa shape index (κ3) is 3.54. The molecule has 2 rings (SSSR count). The van der Waals surface area contributed by atoms with Crippen LogP contribution in [-0.2, 0) is 4.79 Å². The van der Waals surface area contributed by atoms with Crippen LogP contribution in [0, 0.1) is 0 Å². The lowest BCUT2D eigenvalue weighted by Crippen LogP contribution is -2.24. The number of phenols is 1. The standard InChI is InChI=1S/C16H16F3NO6/c1-24-13-8-3-6-26-14(8)15(25-2)12(23)11(13)9(20-4-5-21)7-10(22)16(17,18)19/h3,6-7,20-21,23H,4-5H2,1-2H3/b9-7-. The van der Waals surface area contributed by atoms with Gasteiger partial charge in [0.05, 0.1) is 43.7 Å². The summed E-state index contributed by atoms with van der Waals surface area (Å²) in [6, 6.07) is 1.47. The molecule has 0 aliphatic carbocycles. The summed E-state index contributed by atoms with van der Waals surface area (Å²) in [6.07, 6.45) is -3.55. The van der Waals surface area contributed by atoms with Gasteiger partial charge in [-0.2, -0.15) is 13.2 Å². The number of rotatable bonds is 7. The van der Waals surface area contributed by atoms with Crippen LogP contribution in [0.25, 0.3) is 16.7 Å². The first-order valence-electron chi connectivity index (χ1n) is 7.28. The molecule has 0 saturated carbocycles. The number of furan rings is 1. The van der Waals surface area contributed by atoms with E-state index in [0.29, 0.717) is 5.39 Å². The molecule has 10 heteroatoms. The molecule has 2 aromatic rings. The first-order valence-corrected chi connectivity index (χ1v) is 7.28. The summed E-state index contributed by atoms with van der Waals surface area (Å²) in [5, 5.41) is 22.3. The van der Waals surface area contributed by atoms with Crippen molar-refractivity contribution in [1.29, 1.82) is 0 Å². The molecular weight excluding hydrogens is 359 g/mol. The minimum Gasteiger partial charge on any atom is -0.504 e. The summed E-state index contributed by atoms with van der Waals surface area (Å²) in [4.78, 5) is 11.4. The van der Waals surface area contributed by atoms with Gasteiger partial charge in [0.1, 0.15) is 5.75 Å². The van der Waals surface area contributed by atoms with E-state index >= 15 is 0 Å². The van der Waals surface area contributed by atoms with Gasteiger partial charge in [0.25, 0.3) is 5.78 Å². The maximum Gasteiger partial charge on any atom is 0.454 e. The van der Waals surface area contributed by atoms with E-state index in [0.717, 1.165) is 0 Å². The SMILES string of the molecule is COc1c(/C(=C/C(=O)C(F)(F)F)NCCO)c(O)c(OC)c2occc12. The number of nitrogens with one attached hydrogen (secondary N) is 1. The van der Waals surface area contributed by atoms with E-state index in [1.165, 1.54) is 26.5 Å². The van der Waals surface area contributed by atoms with Crippen molar-refractivity contribution in [3.63, 3.8) is 0 Å². The topological polar surface area (TPSA) is 101 Å². The molecule has 0 spiro atoms. The molecule has 0 amide bonds. The van der Waals surface area contributed by atoms with Gasteiger partial charge < -0.3 is 29.4 Å². The van der Waals surface area contributed by atoms with Gasteiger partial charge in [-0.1, -0.05) is 0 Å². The van der Waals surface area contributed by atoms with Crippen molar-refractivity contribution in [3.05, 3.63) is 24.0 Å². The Morgan fingerprint density at radius 3 is 2.50 bits per heavy atom. The van der Waals surface area contributed by atoms with Crippen LogP contribution < -0.4 is 14.8 Å². The van der Waals surface area contributed by atoms with E-state index in [1.807, 2.05) is 0 Å². The molecule has 26 heavy (non-hydrogen) atoms. The molecule has 0 radical (unpaired) electrons. The van der Waals surface area contributed by atoms with Crippen molar-refractivity contribution in [2.75, 3.05) is 27.4 Å². The summed E-state index contributed by atoms with van der Waals surface area (Å²) in [7, 11) is 2.48. The van der Waals surface area contributed by atoms with Crippen LogP contribution in [0.1, 0.15) is 5.56 Å². The maximum absolute atomic E-state index is 12.7. The van der Waals surface area contributed by atoms with E-state index in [1.54, 1.807) is 0 Å². The average molecular weight is 375 g/mol. The fraction of sp³-hybridized carbons (Fsp3) is 0.312. The molecule has 0 aliphatic heterocycles. The van der Waals surface area contributed by atoms with Crippen molar-refractivity contribution in [2.45, 2.75) is 6.18 Å². The second-order valence-electron chi connectivity index (χ2n) is 5.02. The van der Waals surface area contributed by atoms with Gasteiger partial charge in [-0.25, -0.2) is 0 Å². The van der Waals surface area contributed by atoms with Gasteiger partial charge in [-0.15, -0.1) is 0 Å². The number of carbonyl (C=O) groups is 1. The number of carbonyl (C=O) groups excluding carboxylic acids is 1. The lowest BCUT2D eigenvalue weighted by molar-refractivity contribution is -0.165. The van der Waals surface area contributed by atoms with Crippen LogP contribution >= 0.6 is 0 Å². The Hall–Kier alpha value is -2.88. The van der Waals surface area contributed by atoms with Crippen molar-refractivity contribution >= 4 is 22.4 Å². The Bertz CT molecular complexity index is 841. The highest BCUT2D eigenvalue weighted by Gasteiger charge is 2.37. The normalized spacial score (nSPS) is 12.3. The Morgan fingerprint density at radius 2 is 1.96 bits per heavy atom. The predicted octanol–water partition coefficient (Wildman–Crippen LogP) is 2.21. The molecule has 1 aromatic heterocycles. The molecule has 0 aliphatic rings. The number of hydrogen-bond acceptors (Lipinski definition) is 7. The van der Waals surface area contributed by atoms with Crippen LogP contribution in [0.2, 0.25) is 0 Å². The highest BCUT2D eigenvalue weighted by Crippen LogP contribution is 2.48. The zero-order chi connectivity index (χ0) is 19.5. The number of fused-ring (bicyclic) bond motifs is 1. The molecule has 7 nitrogen and oxygen atoms in total. The molecular formula is C16H16F3NO6. The van der Waals surface area contributed by atoms with E-state index in [2.05, 4.69) is 5.32 Å². The summed E-state index contributed by atoms with van der Waals surface area (Å²) in [5.41, 5.74) is -0.504. The van der Waals surface area contributed by atoms with Gasteiger partial charge in [0, 0.05) is 12.6 Å². The predicted molar refractivity (Wildman–Crippen MR) is 85.1 cm³/mol. The molecule has 0 unspecified atom stereocenters. The van der Waals surface area contributed by atoms with Crippen LogP contribution in [0.4, 0.5) is 13.2 Å². The molecule has 142 valence electrons. The second kappa shape index (κ2) is 7.56. The van der Waals surface area contributed by atoms with Gasteiger partial charge >= 0.3 is 6.18 Å². The molecule has 0 atom stereocenters. The number of methoxy groups -OCH3 is 2. The lowest BCUT2D eigenvalue weighted by atomic mass is 10.0. The fourth-order valence-electron chi connectivity index (χ4n) is 2.39. The largest absolute Gasteiger partial charge is 0.504 e. The second-order valence-corrected chi connectivity index (χ2v) is 5.02. The Morgan fingerprint density at radius 1 is 1.31 bits per heavy atom. The number of phenolic OH excluding ortho intramolecular Hbond substituents is 1. The van der Waals surface area contributed by atoms with Gasteiger partial charge in [0.2, 0.25) is 5.75 Å². The molecule has 0 saturated heterocycles. The molecule has 1 aromatic carbocycles. The third-order valence-corrected chi connectivity index (χ3v) is 3.45. The molecule has 0 bridgehead atoms.